The minimum absolute atomic E-state index is 0.0716. The van der Waals surface area contributed by atoms with E-state index in [1.54, 1.807) is 37.4 Å². The third-order valence-electron chi connectivity index (χ3n) is 4.89. The number of methoxy groups -OCH3 is 2. The Hall–Kier alpha value is -3.06. The average molecular weight is 398 g/mol. The zero-order chi connectivity index (χ0) is 20.6. The fourth-order valence-corrected chi connectivity index (χ4v) is 3.28. The molecule has 1 fully saturated rings. The molecule has 154 valence electrons. The Labute approximate surface area is 170 Å². The molecule has 1 aliphatic rings. The lowest BCUT2D eigenvalue weighted by Crippen LogP contribution is -2.32. The molecule has 7 heteroatoms. The van der Waals surface area contributed by atoms with E-state index in [2.05, 4.69) is 10.6 Å². The average Bonchev–Trinajstić information content (AvgIpc) is 3.23. The van der Waals surface area contributed by atoms with Crippen LogP contribution in [0.25, 0.3) is 0 Å². The van der Waals surface area contributed by atoms with Gasteiger partial charge in [-0.05, 0) is 36.8 Å². The molecule has 0 unspecified atom stereocenters. The first kappa shape index (κ1) is 20.7. The van der Waals surface area contributed by atoms with Crippen molar-refractivity contribution in [1.82, 2.24) is 10.6 Å². The first-order chi connectivity index (χ1) is 14.1. The maximum atomic E-state index is 12.4. The molecule has 0 spiro atoms. The topological polar surface area (TPSA) is 85.9 Å². The highest BCUT2D eigenvalue weighted by Crippen LogP contribution is 2.27. The molecule has 0 radical (unpaired) electrons. The Morgan fingerprint density at radius 2 is 1.62 bits per heavy atom. The summed E-state index contributed by atoms with van der Waals surface area (Å²) in [7, 11) is 3.08. The highest BCUT2D eigenvalue weighted by Gasteiger charge is 2.26. The summed E-state index contributed by atoms with van der Waals surface area (Å²) < 4.78 is 16.2. The van der Waals surface area contributed by atoms with Crippen LogP contribution in [0.15, 0.2) is 48.5 Å². The summed E-state index contributed by atoms with van der Waals surface area (Å²) in [6.45, 7) is 1.52. The third kappa shape index (κ3) is 5.48. The van der Waals surface area contributed by atoms with Gasteiger partial charge in [-0.25, -0.2) is 0 Å². The molecule has 2 atom stereocenters. The number of nitrogens with one attached hydrogen (secondary N) is 2. The van der Waals surface area contributed by atoms with Crippen LogP contribution in [0.3, 0.4) is 0 Å². The normalized spacial score (nSPS) is 18.1. The minimum Gasteiger partial charge on any atom is -0.493 e. The summed E-state index contributed by atoms with van der Waals surface area (Å²) in [4.78, 5) is 24.5. The van der Waals surface area contributed by atoms with E-state index in [0.29, 0.717) is 42.3 Å². The lowest BCUT2D eigenvalue weighted by atomic mass is 10.1. The molecule has 0 bridgehead atoms. The van der Waals surface area contributed by atoms with Gasteiger partial charge in [-0.1, -0.05) is 18.2 Å². The standard InChI is InChI=1S/C22H26N2O5/c1-27-19-9-8-17(11-20(19)28-2)22(26)24-13-18-10-15(14-29-18)12-23-21(25)16-6-4-3-5-7-16/h3-9,11,15,18H,10,12-14H2,1-2H3,(H,23,25)(H,24,26)/t15-,18+/m1/s1. The highest BCUT2D eigenvalue weighted by molar-refractivity contribution is 5.95. The van der Waals surface area contributed by atoms with E-state index in [9.17, 15) is 9.59 Å². The Balaban J connectivity index is 1.43. The number of benzene rings is 2. The van der Waals surface area contributed by atoms with E-state index >= 15 is 0 Å². The van der Waals surface area contributed by atoms with Gasteiger partial charge in [0.1, 0.15) is 0 Å². The molecule has 1 saturated heterocycles. The Kier molecular flexibility index (Phi) is 7.08. The fraction of sp³-hybridized carbons (Fsp3) is 0.364. The van der Waals surface area contributed by atoms with Crippen molar-refractivity contribution in [2.75, 3.05) is 33.9 Å². The van der Waals surface area contributed by atoms with E-state index in [4.69, 9.17) is 14.2 Å². The summed E-state index contributed by atoms with van der Waals surface area (Å²) in [5.74, 6) is 1.02. The molecule has 0 saturated carbocycles. The SMILES string of the molecule is COc1ccc(C(=O)NC[C@@H]2C[C@H](CNC(=O)c3ccccc3)CO2)cc1OC. The number of amides is 2. The second-order valence-electron chi connectivity index (χ2n) is 6.91. The van der Waals surface area contributed by atoms with E-state index in [0.717, 1.165) is 6.42 Å². The van der Waals surface area contributed by atoms with Crippen LogP contribution in [0.2, 0.25) is 0 Å². The smallest absolute Gasteiger partial charge is 0.251 e. The van der Waals surface area contributed by atoms with Crippen LogP contribution in [0.5, 0.6) is 11.5 Å². The Morgan fingerprint density at radius 3 is 2.34 bits per heavy atom. The summed E-state index contributed by atoms with van der Waals surface area (Å²) in [6.07, 6.45) is 0.707. The van der Waals surface area contributed by atoms with Gasteiger partial charge >= 0.3 is 0 Å². The minimum atomic E-state index is -0.199. The van der Waals surface area contributed by atoms with Gasteiger partial charge in [0.15, 0.2) is 11.5 Å². The number of hydrogen-bond donors (Lipinski definition) is 2. The van der Waals surface area contributed by atoms with Gasteiger partial charge in [-0.2, -0.15) is 0 Å². The van der Waals surface area contributed by atoms with Crippen LogP contribution in [-0.4, -0.2) is 51.8 Å². The van der Waals surface area contributed by atoms with Crippen molar-refractivity contribution in [2.45, 2.75) is 12.5 Å². The Morgan fingerprint density at radius 1 is 0.931 bits per heavy atom. The van der Waals surface area contributed by atoms with Crippen molar-refractivity contribution in [2.24, 2.45) is 5.92 Å². The maximum absolute atomic E-state index is 12.4. The quantitative estimate of drug-likeness (QED) is 0.713. The monoisotopic (exact) mass is 398 g/mol. The third-order valence-corrected chi connectivity index (χ3v) is 4.89. The largest absolute Gasteiger partial charge is 0.493 e. The van der Waals surface area contributed by atoms with Crippen molar-refractivity contribution in [1.29, 1.82) is 0 Å². The van der Waals surface area contributed by atoms with Crippen molar-refractivity contribution < 1.29 is 23.8 Å². The molecule has 2 N–H and O–H groups in total. The zero-order valence-electron chi connectivity index (χ0n) is 16.6. The highest BCUT2D eigenvalue weighted by atomic mass is 16.5. The van der Waals surface area contributed by atoms with Gasteiger partial charge in [0, 0.05) is 30.1 Å². The van der Waals surface area contributed by atoms with Crippen molar-refractivity contribution in [3.8, 4) is 11.5 Å². The van der Waals surface area contributed by atoms with Gasteiger partial charge in [-0.15, -0.1) is 0 Å². The second-order valence-corrected chi connectivity index (χ2v) is 6.91. The van der Waals surface area contributed by atoms with Crippen LogP contribution in [0.1, 0.15) is 27.1 Å². The Bertz CT molecular complexity index is 840. The molecule has 2 aromatic carbocycles. The summed E-state index contributed by atoms with van der Waals surface area (Å²) in [6, 6.07) is 14.2. The molecule has 1 aliphatic heterocycles. The van der Waals surface area contributed by atoms with Crippen LogP contribution in [0, 0.1) is 5.92 Å². The fourth-order valence-electron chi connectivity index (χ4n) is 3.28. The number of rotatable bonds is 8. The molecular formula is C22H26N2O5. The molecule has 0 aromatic heterocycles. The van der Waals surface area contributed by atoms with Crippen molar-refractivity contribution >= 4 is 11.8 Å². The first-order valence-corrected chi connectivity index (χ1v) is 9.55. The van der Waals surface area contributed by atoms with Gasteiger partial charge in [-0.3, -0.25) is 9.59 Å². The van der Waals surface area contributed by atoms with E-state index in [1.165, 1.54) is 7.11 Å². The van der Waals surface area contributed by atoms with Crippen LogP contribution in [0.4, 0.5) is 0 Å². The molecule has 2 aromatic rings. The lowest BCUT2D eigenvalue weighted by molar-refractivity contribution is 0.0843. The molecule has 29 heavy (non-hydrogen) atoms. The van der Waals surface area contributed by atoms with Crippen LogP contribution >= 0.6 is 0 Å². The summed E-state index contributed by atoms with van der Waals surface area (Å²) in [5, 5.41) is 5.84. The lowest BCUT2D eigenvalue weighted by Gasteiger charge is -2.13. The number of carbonyl (C=O) groups excluding carboxylic acids is 2. The maximum Gasteiger partial charge on any atom is 0.251 e. The summed E-state index contributed by atoms with van der Waals surface area (Å²) in [5.41, 5.74) is 1.14. The van der Waals surface area contributed by atoms with Gasteiger partial charge in [0.05, 0.1) is 26.9 Å². The van der Waals surface area contributed by atoms with Crippen LogP contribution in [-0.2, 0) is 4.74 Å². The van der Waals surface area contributed by atoms with Crippen LogP contribution < -0.4 is 20.1 Å². The molecule has 2 amide bonds. The van der Waals surface area contributed by atoms with Gasteiger partial charge in [0.25, 0.3) is 11.8 Å². The molecule has 3 rings (SSSR count). The van der Waals surface area contributed by atoms with Gasteiger partial charge < -0.3 is 24.8 Å². The number of carbonyl (C=O) groups is 2. The van der Waals surface area contributed by atoms with Crippen molar-refractivity contribution in [3.05, 3.63) is 59.7 Å². The second kappa shape index (κ2) is 9.93. The van der Waals surface area contributed by atoms with E-state index in [-0.39, 0.29) is 23.8 Å². The zero-order valence-corrected chi connectivity index (χ0v) is 16.6. The molecule has 1 heterocycles. The van der Waals surface area contributed by atoms with Crippen molar-refractivity contribution in [3.63, 3.8) is 0 Å². The van der Waals surface area contributed by atoms with E-state index in [1.807, 2.05) is 18.2 Å². The first-order valence-electron chi connectivity index (χ1n) is 9.55. The predicted octanol–water partition coefficient (Wildman–Crippen LogP) is 2.27. The number of hydrogen-bond acceptors (Lipinski definition) is 5. The molecule has 7 nitrogen and oxygen atoms in total. The predicted molar refractivity (Wildman–Crippen MR) is 109 cm³/mol. The molecule has 0 aliphatic carbocycles. The molecular weight excluding hydrogens is 372 g/mol. The summed E-state index contributed by atoms with van der Waals surface area (Å²) >= 11 is 0. The van der Waals surface area contributed by atoms with E-state index < -0.39 is 0 Å². The number of ether oxygens (including phenoxy) is 3. The van der Waals surface area contributed by atoms with Gasteiger partial charge in [0.2, 0.25) is 0 Å².